The highest BCUT2D eigenvalue weighted by atomic mass is 32.2. The van der Waals surface area contributed by atoms with Gasteiger partial charge in [-0.2, -0.15) is 0 Å². The van der Waals surface area contributed by atoms with Crippen molar-refractivity contribution in [2.75, 3.05) is 0 Å². The van der Waals surface area contributed by atoms with Gasteiger partial charge in [0.05, 0.1) is 5.56 Å². The van der Waals surface area contributed by atoms with E-state index < -0.39 is 26.7 Å². The SMILES string of the molecule is Cc1cc(F)c(S(N)(=O)=O)cc1C(=O)O. The molecule has 0 heterocycles. The van der Waals surface area contributed by atoms with Gasteiger partial charge in [-0.25, -0.2) is 22.7 Å². The van der Waals surface area contributed by atoms with E-state index >= 15 is 0 Å². The first-order valence-electron chi connectivity index (χ1n) is 3.79. The molecule has 0 fully saturated rings. The van der Waals surface area contributed by atoms with Crippen molar-refractivity contribution >= 4 is 16.0 Å². The fraction of sp³-hybridized carbons (Fsp3) is 0.125. The molecule has 5 nitrogen and oxygen atoms in total. The quantitative estimate of drug-likeness (QED) is 0.776. The first-order valence-corrected chi connectivity index (χ1v) is 5.34. The number of carboxylic acids is 1. The molecule has 3 N–H and O–H groups in total. The average Bonchev–Trinajstić information content (AvgIpc) is 2.00. The van der Waals surface area contributed by atoms with Crippen molar-refractivity contribution in [3.63, 3.8) is 0 Å². The van der Waals surface area contributed by atoms with Crippen LogP contribution in [0.25, 0.3) is 0 Å². The van der Waals surface area contributed by atoms with Crippen LogP contribution in [0.1, 0.15) is 15.9 Å². The zero-order valence-corrected chi connectivity index (χ0v) is 8.51. The third-order valence-electron chi connectivity index (χ3n) is 1.82. The zero-order valence-electron chi connectivity index (χ0n) is 7.69. The van der Waals surface area contributed by atoms with E-state index in [0.717, 1.165) is 6.07 Å². The fourth-order valence-corrected chi connectivity index (χ4v) is 1.71. The smallest absolute Gasteiger partial charge is 0.335 e. The lowest BCUT2D eigenvalue weighted by atomic mass is 10.1. The molecule has 0 aromatic heterocycles. The number of hydrogen-bond donors (Lipinski definition) is 2. The third-order valence-corrected chi connectivity index (χ3v) is 2.74. The maximum atomic E-state index is 13.1. The standard InChI is InChI=1S/C8H8FNO4S/c1-4-2-6(9)7(15(10,13)14)3-5(4)8(11)12/h2-3H,1H3,(H,11,12)(H2,10,13,14). The van der Waals surface area contributed by atoms with Crippen LogP contribution in [-0.4, -0.2) is 19.5 Å². The van der Waals surface area contributed by atoms with Gasteiger partial charge in [-0.3, -0.25) is 0 Å². The third kappa shape index (κ3) is 2.31. The van der Waals surface area contributed by atoms with Crippen LogP contribution in [0.3, 0.4) is 0 Å². The number of rotatable bonds is 2. The summed E-state index contributed by atoms with van der Waals surface area (Å²) in [5.74, 6) is -2.39. The van der Waals surface area contributed by atoms with Crippen molar-refractivity contribution in [1.29, 1.82) is 0 Å². The number of halogens is 1. The summed E-state index contributed by atoms with van der Waals surface area (Å²) >= 11 is 0. The van der Waals surface area contributed by atoms with Gasteiger partial charge in [0.15, 0.2) is 0 Å². The molecule has 82 valence electrons. The van der Waals surface area contributed by atoms with Crippen LogP contribution in [0.4, 0.5) is 4.39 Å². The molecule has 0 aliphatic rings. The van der Waals surface area contributed by atoms with Crippen LogP contribution in [0.15, 0.2) is 17.0 Å². The second-order valence-electron chi connectivity index (χ2n) is 2.95. The maximum absolute atomic E-state index is 13.1. The van der Waals surface area contributed by atoms with Crippen LogP contribution >= 0.6 is 0 Å². The fourth-order valence-electron chi connectivity index (χ4n) is 1.10. The molecule has 7 heteroatoms. The monoisotopic (exact) mass is 233 g/mol. The van der Waals surface area contributed by atoms with Gasteiger partial charge in [0.1, 0.15) is 10.7 Å². The summed E-state index contributed by atoms with van der Waals surface area (Å²) in [7, 11) is -4.24. The molecule has 1 aromatic carbocycles. The van der Waals surface area contributed by atoms with E-state index in [1.807, 2.05) is 0 Å². The molecule has 0 atom stereocenters. The Bertz CT molecular complexity index is 524. The largest absolute Gasteiger partial charge is 0.478 e. The molecule has 0 saturated heterocycles. The number of hydrogen-bond acceptors (Lipinski definition) is 3. The number of carboxylic acid groups (broad SMARTS) is 1. The molecular formula is C8H8FNO4S. The van der Waals surface area contributed by atoms with Gasteiger partial charge in [0, 0.05) is 0 Å². The van der Waals surface area contributed by atoms with E-state index in [4.69, 9.17) is 10.2 Å². The molecule has 0 amide bonds. The topological polar surface area (TPSA) is 97.5 Å². The van der Waals surface area contributed by atoms with Crippen molar-refractivity contribution in [2.45, 2.75) is 11.8 Å². The van der Waals surface area contributed by atoms with Gasteiger partial charge in [-0.15, -0.1) is 0 Å². The summed E-state index contributed by atoms with van der Waals surface area (Å²) in [4.78, 5) is 9.84. The molecule has 0 saturated carbocycles. The van der Waals surface area contributed by atoms with Gasteiger partial charge >= 0.3 is 5.97 Å². The summed E-state index contributed by atoms with van der Waals surface area (Å²) in [5, 5.41) is 13.4. The summed E-state index contributed by atoms with van der Waals surface area (Å²) in [6.45, 7) is 1.36. The van der Waals surface area contributed by atoms with Gasteiger partial charge in [-0.05, 0) is 24.6 Å². The summed E-state index contributed by atoms with van der Waals surface area (Å²) in [6.07, 6.45) is 0. The number of benzene rings is 1. The second-order valence-corrected chi connectivity index (χ2v) is 4.48. The van der Waals surface area contributed by atoms with E-state index in [1.54, 1.807) is 0 Å². The first-order chi connectivity index (χ1) is 6.73. The van der Waals surface area contributed by atoms with Crippen LogP contribution in [0, 0.1) is 12.7 Å². The number of aryl methyl sites for hydroxylation is 1. The molecule has 0 aliphatic carbocycles. The molecule has 0 spiro atoms. The van der Waals surface area contributed by atoms with E-state index in [2.05, 4.69) is 0 Å². The Morgan fingerprint density at radius 1 is 1.47 bits per heavy atom. The minimum Gasteiger partial charge on any atom is -0.478 e. The van der Waals surface area contributed by atoms with E-state index in [-0.39, 0.29) is 11.1 Å². The summed E-state index contributed by atoms with van der Waals surface area (Å²) in [5.41, 5.74) is -0.159. The first kappa shape index (κ1) is 11.6. The Kier molecular flexibility index (Phi) is 2.78. The lowest BCUT2D eigenvalue weighted by Crippen LogP contribution is -2.15. The minimum atomic E-state index is -4.24. The Labute approximate surface area is 85.4 Å². The Morgan fingerprint density at radius 3 is 2.40 bits per heavy atom. The summed E-state index contributed by atoms with van der Waals surface area (Å²) < 4.78 is 34.9. The molecule has 1 rings (SSSR count). The minimum absolute atomic E-state index is 0.132. The van der Waals surface area contributed by atoms with Crippen LogP contribution < -0.4 is 5.14 Å². The lowest BCUT2D eigenvalue weighted by molar-refractivity contribution is 0.0695. The molecular weight excluding hydrogens is 225 g/mol. The Balaban J connectivity index is 3.58. The summed E-state index contributed by atoms with van der Waals surface area (Å²) in [6, 6.07) is 1.53. The number of aromatic carboxylic acids is 1. The predicted octanol–water partition coefficient (Wildman–Crippen LogP) is 0.480. The highest BCUT2D eigenvalue weighted by molar-refractivity contribution is 7.89. The molecule has 0 radical (unpaired) electrons. The van der Waals surface area contributed by atoms with Gasteiger partial charge in [0.2, 0.25) is 10.0 Å². The molecule has 0 bridgehead atoms. The molecule has 0 unspecified atom stereocenters. The van der Waals surface area contributed by atoms with Crippen molar-refractivity contribution < 1.29 is 22.7 Å². The van der Waals surface area contributed by atoms with Gasteiger partial charge in [-0.1, -0.05) is 0 Å². The van der Waals surface area contributed by atoms with E-state index in [9.17, 15) is 17.6 Å². The molecule has 15 heavy (non-hydrogen) atoms. The Hall–Kier alpha value is -1.47. The van der Waals surface area contributed by atoms with Crippen LogP contribution in [0.5, 0.6) is 0 Å². The maximum Gasteiger partial charge on any atom is 0.335 e. The van der Waals surface area contributed by atoms with Gasteiger partial charge in [0.25, 0.3) is 0 Å². The highest BCUT2D eigenvalue weighted by Gasteiger charge is 2.19. The van der Waals surface area contributed by atoms with Crippen molar-refractivity contribution in [1.82, 2.24) is 0 Å². The van der Waals surface area contributed by atoms with E-state index in [0.29, 0.717) is 6.07 Å². The van der Waals surface area contributed by atoms with Crippen molar-refractivity contribution in [2.24, 2.45) is 5.14 Å². The van der Waals surface area contributed by atoms with Gasteiger partial charge < -0.3 is 5.11 Å². The molecule has 0 aliphatic heterocycles. The Morgan fingerprint density at radius 2 is 2.00 bits per heavy atom. The van der Waals surface area contributed by atoms with Crippen LogP contribution in [-0.2, 0) is 10.0 Å². The average molecular weight is 233 g/mol. The van der Waals surface area contributed by atoms with Crippen molar-refractivity contribution in [3.8, 4) is 0 Å². The highest BCUT2D eigenvalue weighted by Crippen LogP contribution is 2.18. The van der Waals surface area contributed by atoms with E-state index in [1.165, 1.54) is 6.92 Å². The normalized spacial score (nSPS) is 11.4. The zero-order chi connectivity index (χ0) is 11.8. The lowest BCUT2D eigenvalue weighted by Gasteiger charge is -2.05. The van der Waals surface area contributed by atoms with Crippen LogP contribution in [0.2, 0.25) is 0 Å². The number of nitrogens with two attached hydrogens (primary N) is 1. The predicted molar refractivity (Wildman–Crippen MR) is 49.5 cm³/mol. The molecule has 1 aromatic rings. The second kappa shape index (κ2) is 3.59. The van der Waals surface area contributed by atoms with Crippen molar-refractivity contribution in [3.05, 3.63) is 29.1 Å². The number of primary sulfonamides is 1. The number of sulfonamides is 1. The number of carbonyl (C=O) groups is 1.